The van der Waals surface area contributed by atoms with Crippen LogP contribution < -0.4 is 21.1 Å². The quantitative estimate of drug-likeness (QED) is 0.391. The number of anilines is 1. The third-order valence-corrected chi connectivity index (χ3v) is 3.22. The smallest absolute Gasteiger partial charge is 0.272 e. The molecule has 1 aromatic carbocycles. The number of rotatable bonds is 6. The van der Waals surface area contributed by atoms with Crippen LogP contribution in [0.5, 0.6) is 0 Å². The summed E-state index contributed by atoms with van der Waals surface area (Å²) in [6, 6.07) is 4.04. The first-order valence-corrected chi connectivity index (χ1v) is 7.48. The number of nitro benzene ring substituents is 1. The van der Waals surface area contributed by atoms with Crippen LogP contribution in [0.2, 0.25) is 0 Å². The van der Waals surface area contributed by atoms with E-state index in [2.05, 4.69) is 16.2 Å². The Hall–Kier alpha value is -2.46. The first kappa shape index (κ1) is 19.6. The zero-order chi connectivity index (χ0) is 18.3. The standard InChI is InChI=1S/C14H21N5O4S/c1-9(8-23-4)15-14(24)17-16-13(20)11-7-10(19(21)22)5-6-12(11)18(2)3/h5-7,9H,8H2,1-4H3,(H,16,20)(H2,15,17,24)/t9-/m0/s1. The van der Waals surface area contributed by atoms with Gasteiger partial charge in [-0.2, -0.15) is 0 Å². The average Bonchev–Trinajstić information content (AvgIpc) is 2.51. The number of ether oxygens (including phenoxy) is 1. The van der Waals surface area contributed by atoms with Gasteiger partial charge in [0.2, 0.25) is 0 Å². The second-order valence-corrected chi connectivity index (χ2v) is 5.67. The molecule has 1 amide bonds. The van der Waals surface area contributed by atoms with Gasteiger partial charge in [0.15, 0.2) is 5.11 Å². The molecule has 0 heterocycles. The second kappa shape index (κ2) is 8.99. The van der Waals surface area contributed by atoms with E-state index in [4.69, 9.17) is 17.0 Å². The monoisotopic (exact) mass is 355 g/mol. The Morgan fingerprint density at radius 3 is 2.62 bits per heavy atom. The normalized spacial score (nSPS) is 11.3. The van der Waals surface area contributed by atoms with E-state index in [1.165, 1.54) is 18.2 Å². The van der Waals surface area contributed by atoms with Crippen molar-refractivity contribution in [2.24, 2.45) is 0 Å². The zero-order valence-electron chi connectivity index (χ0n) is 14.0. The number of hydrogen-bond donors (Lipinski definition) is 3. The van der Waals surface area contributed by atoms with Crippen LogP contribution in [-0.2, 0) is 4.74 Å². The SMILES string of the molecule is COC[C@H](C)NC(=S)NNC(=O)c1cc([N+](=O)[O-])ccc1N(C)C. The fraction of sp³-hybridized carbons (Fsp3) is 0.429. The van der Waals surface area contributed by atoms with Crippen molar-refractivity contribution in [1.82, 2.24) is 16.2 Å². The van der Waals surface area contributed by atoms with Crippen LogP contribution in [0.3, 0.4) is 0 Å². The summed E-state index contributed by atoms with van der Waals surface area (Å²) in [6.07, 6.45) is 0. The van der Waals surface area contributed by atoms with Gasteiger partial charge in [-0.05, 0) is 25.2 Å². The van der Waals surface area contributed by atoms with Gasteiger partial charge in [0.05, 0.1) is 17.1 Å². The van der Waals surface area contributed by atoms with E-state index in [1.807, 2.05) is 6.92 Å². The maximum absolute atomic E-state index is 12.3. The average molecular weight is 355 g/mol. The van der Waals surface area contributed by atoms with Crippen molar-refractivity contribution in [2.75, 3.05) is 32.7 Å². The van der Waals surface area contributed by atoms with Crippen LogP contribution in [0.25, 0.3) is 0 Å². The summed E-state index contributed by atoms with van der Waals surface area (Å²) in [5.74, 6) is -0.536. The van der Waals surface area contributed by atoms with Crippen LogP contribution in [0, 0.1) is 10.1 Å². The van der Waals surface area contributed by atoms with Gasteiger partial charge in [-0.15, -0.1) is 0 Å². The highest BCUT2D eigenvalue weighted by molar-refractivity contribution is 7.80. The first-order valence-electron chi connectivity index (χ1n) is 7.07. The number of hydrazine groups is 1. The van der Waals surface area contributed by atoms with Crippen LogP contribution in [0.4, 0.5) is 11.4 Å². The molecule has 0 aliphatic carbocycles. The number of thiocarbonyl (C=S) groups is 1. The number of hydrogen-bond acceptors (Lipinski definition) is 6. The highest BCUT2D eigenvalue weighted by atomic mass is 32.1. The Kier molecular flexibility index (Phi) is 7.33. The molecule has 0 unspecified atom stereocenters. The number of benzene rings is 1. The number of carbonyl (C=O) groups excluding carboxylic acids is 1. The molecular formula is C14H21N5O4S. The second-order valence-electron chi connectivity index (χ2n) is 5.26. The van der Waals surface area contributed by atoms with Gasteiger partial charge in [-0.1, -0.05) is 0 Å². The Morgan fingerprint density at radius 1 is 1.42 bits per heavy atom. The van der Waals surface area contributed by atoms with E-state index in [0.29, 0.717) is 12.3 Å². The highest BCUT2D eigenvalue weighted by Crippen LogP contribution is 2.23. The number of methoxy groups -OCH3 is 1. The minimum Gasteiger partial charge on any atom is -0.383 e. The van der Waals surface area contributed by atoms with E-state index >= 15 is 0 Å². The van der Waals surface area contributed by atoms with Gasteiger partial charge in [0.25, 0.3) is 11.6 Å². The molecule has 132 valence electrons. The number of amides is 1. The van der Waals surface area contributed by atoms with E-state index < -0.39 is 10.8 Å². The largest absolute Gasteiger partial charge is 0.383 e. The summed E-state index contributed by atoms with van der Waals surface area (Å²) < 4.78 is 4.97. The van der Waals surface area contributed by atoms with Crippen molar-refractivity contribution in [3.05, 3.63) is 33.9 Å². The molecule has 0 saturated carbocycles. The molecule has 10 heteroatoms. The summed E-state index contributed by atoms with van der Waals surface area (Å²) in [5, 5.41) is 14.0. The molecule has 3 N–H and O–H groups in total. The van der Waals surface area contributed by atoms with Crippen LogP contribution in [-0.4, -0.2) is 49.8 Å². The molecule has 0 radical (unpaired) electrons. The fourth-order valence-corrected chi connectivity index (χ4v) is 2.19. The maximum Gasteiger partial charge on any atom is 0.272 e. The highest BCUT2D eigenvalue weighted by Gasteiger charge is 2.18. The minimum absolute atomic E-state index is 0.0398. The molecule has 24 heavy (non-hydrogen) atoms. The fourth-order valence-electron chi connectivity index (χ4n) is 1.94. The van der Waals surface area contributed by atoms with Gasteiger partial charge in [-0.25, -0.2) is 0 Å². The van der Waals surface area contributed by atoms with Crippen LogP contribution in [0.1, 0.15) is 17.3 Å². The molecule has 0 spiro atoms. The van der Waals surface area contributed by atoms with Crippen molar-refractivity contribution in [3.8, 4) is 0 Å². The maximum atomic E-state index is 12.3. The van der Waals surface area contributed by atoms with Crippen molar-refractivity contribution in [1.29, 1.82) is 0 Å². The Balaban J connectivity index is 2.81. The molecule has 1 aromatic rings. The molecule has 1 atom stereocenters. The Bertz CT molecular complexity index is 623. The predicted octanol–water partition coefficient (Wildman–Crippen LogP) is 0.805. The summed E-state index contributed by atoms with van der Waals surface area (Å²) in [5.41, 5.74) is 5.53. The van der Waals surface area contributed by atoms with Crippen LogP contribution in [0.15, 0.2) is 18.2 Å². The van der Waals surface area contributed by atoms with Crippen molar-refractivity contribution >= 4 is 34.6 Å². The van der Waals surface area contributed by atoms with E-state index in [9.17, 15) is 14.9 Å². The molecule has 0 aliphatic rings. The zero-order valence-corrected chi connectivity index (χ0v) is 14.8. The minimum atomic E-state index is -0.553. The Morgan fingerprint density at radius 2 is 2.08 bits per heavy atom. The molecule has 0 saturated heterocycles. The van der Waals surface area contributed by atoms with Gasteiger partial charge >= 0.3 is 0 Å². The third kappa shape index (κ3) is 5.63. The van der Waals surface area contributed by atoms with Crippen LogP contribution >= 0.6 is 12.2 Å². The van der Waals surface area contributed by atoms with Crippen molar-refractivity contribution in [3.63, 3.8) is 0 Å². The van der Waals surface area contributed by atoms with E-state index in [-0.39, 0.29) is 22.4 Å². The van der Waals surface area contributed by atoms with Crippen molar-refractivity contribution in [2.45, 2.75) is 13.0 Å². The summed E-state index contributed by atoms with van der Waals surface area (Å²) in [7, 11) is 5.05. The number of nitrogens with one attached hydrogen (secondary N) is 3. The molecule has 0 aromatic heterocycles. The van der Waals surface area contributed by atoms with Gasteiger partial charge < -0.3 is 15.0 Å². The molecule has 0 fully saturated rings. The summed E-state index contributed by atoms with van der Waals surface area (Å²) >= 11 is 5.05. The van der Waals surface area contributed by atoms with E-state index in [0.717, 1.165) is 0 Å². The topological polar surface area (TPSA) is 109 Å². The summed E-state index contributed by atoms with van der Waals surface area (Å²) in [6.45, 7) is 2.31. The lowest BCUT2D eigenvalue weighted by molar-refractivity contribution is -0.384. The third-order valence-electron chi connectivity index (χ3n) is 3.00. The lowest BCUT2D eigenvalue weighted by atomic mass is 10.1. The molecular weight excluding hydrogens is 334 g/mol. The number of nitro groups is 1. The van der Waals surface area contributed by atoms with Gasteiger partial charge in [0, 0.05) is 45.1 Å². The number of carbonyl (C=O) groups is 1. The molecule has 1 rings (SSSR count). The molecule has 0 aliphatic heterocycles. The Labute approximate surface area is 145 Å². The van der Waals surface area contributed by atoms with Gasteiger partial charge in [-0.3, -0.25) is 25.8 Å². The van der Waals surface area contributed by atoms with Crippen molar-refractivity contribution < 1.29 is 14.5 Å². The molecule has 0 bridgehead atoms. The first-order chi connectivity index (χ1) is 11.3. The lowest BCUT2D eigenvalue weighted by Crippen LogP contribution is -2.50. The lowest BCUT2D eigenvalue weighted by Gasteiger charge is -2.19. The number of non-ortho nitro benzene ring substituents is 1. The molecule has 9 nitrogen and oxygen atoms in total. The predicted molar refractivity (Wildman–Crippen MR) is 95.1 cm³/mol. The van der Waals surface area contributed by atoms with E-state index in [1.54, 1.807) is 26.1 Å². The number of nitrogens with zero attached hydrogens (tertiary/aromatic N) is 2. The summed E-state index contributed by atoms with van der Waals surface area (Å²) in [4.78, 5) is 24.4. The van der Waals surface area contributed by atoms with Gasteiger partial charge in [0.1, 0.15) is 0 Å².